The molecule has 1 heterocycles. The van der Waals surface area contributed by atoms with E-state index in [1.807, 2.05) is 36.6 Å². The van der Waals surface area contributed by atoms with Crippen molar-refractivity contribution in [1.29, 1.82) is 0 Å². The standard InChI is InChI=1S/C18H26N2O3S/c1-24-10-8-16(13-21)19-18(23)15-11-17(22)20(12-15)9-7-14-5-3-2-4-6-14/h2-6,15-16,21H,7-13H2,1H3,(H,19,23)/t15-,16+/m1/s1. The first kappa shape index (κ1) is 18.8. The van der Waals surface area contributed by atoms with Crippen molar-refractivity contribution in [3.05, 3.63) is 35.9 Å². The molecule has 2 rings (SSSR count). The van der Waals surface area contributed by atoms with Crippen LogP contribution < -0.4 is 5.32 Å². The first-order chi connectivity index (χ1) is 11.6. The summed E-state index contributed by atoms with van der Waals surface area (Å²) in [5, 5.41) is 12.2. The summed E-state index contributed by atoms with van der Waals surface area (Å²) in [6.07, 6.45) is 3.80. The molecule has 1 aromatic rings. The highest BCUT2D eigenvalue weighted by atomic mass is 32.2. The molecule has 1 aliphatic rings. The van der Waals surface area contributed by atoms with Crippen molar-refractivity contribution in [2.45, 2.75) is 25.3 Å². The molecule has 0 aliphatic carbocycles. The smallest absolute Gasteiger partial charge is 0.225 e. The number of carbonyl (C=O) groups excluding carboxylic acids is 2. The van der Waals surface area contributed by atoms with Gasteiger partial charge in [-0.25, -0.2) is 0 Å². The second-order valence-corrected chi connectivity index (χ2v) is 7.13. The van der Waals surface area contributed by atoms with E-state index in [1.54, 1.807) is 16.7 Å². The molecular weight excluding hydrogens is 324 g/mol. The van der Waals surface area contributed by atoms with Crippen molar-refractivity contribution >= 4 is 23.6 Å². The first-order valence-electron chi connectivity index (χ1n) is 8.36. The van der Waals surface area contributed by atoms with Gasteiger partial charge in [0.25, 0.3) is 0 Å². The van der Waals surface area contributed by atoms with E-state index in [0.717, 1.165) is 18.6 Å². The van der Waals surface area contributed by atoms with Crippen LogP contribution in [0.25, 0.3) is 0 Å². The first-order valence-corrected chi connectivity index (χ1v) is 9.75. The molecule has 0 saturated carbocycles. The molecule has 2 N–H and O–H groups in total. The van der Waals surface area contributed by atoms with Crippen LogP contribution in [0.5, 0.6) is 0 Å². The number of aliphatic hydroxyl groups excluding tert-OH is 1. The van der Waals surface area contributed by atoms with Crippen LogP contribution in [0.3, 0.4) is 0 Å². The molecule has 1 aromatic carbocycles. The van der Waals surface area contributed by atoms with Gasteiger partial charge in [-0.05, 0) is 30.4 Å². The number of benzene rings is 1. The van der Waals surface area contributed by atoms with Gasteiger partial charge in [-0.1, -0.05) is 30.3 Å². The van der Waals surface area contributed by atoms with Crippen LogP contribution in [-0.4, -0.2) is 59.6 Å². The molecule has 6 heteroatoms. The average Bonchev–Trinajstić information content (AvgIpc) is 2.98. The molecule has 0 radical (unpaired) electrons. The predicted molar refractivity (Wildman–Crippen MR) is 96.8 cm³/mol. The number of thioether (sulfide) groups is 1. The van der Waals surface area contributed by atoms with Gasteiger partial charge in [-0.3, -0.25) is 9.59 Å². The highest BCUT2D eigenvalue weighted by Gasteiger charge is 2.34. The zero-order valence-electron chi connectivity index (χ0n) is 14.1. The van der Waals surface area contributed by atoms with Crippen LogP contribution >= 0.6 is 11.8 Å². The Kier molecular flexibility index (Phi) is 7.59. The van der Waals surface area contributed by atoms with Crippen LogP contribution in [0.15, 0.2) is 30.3 Å². The van der Waals surface area contributed by atoms with Crippen molar-refractivity contribution in [3.63, 3.8) is 0 Å². The summed E-state index contributed by atoms with van der Waals surface area (Å²) in [4.78, 5) is 26.2. The van der Waals surface area contributed by atoms with Crippen molar-refractivity contribution in [3.8, 4) is 0 Å². The Morgan fingerprint density at radius 1 is 1.42 bits per heavy atom. The highest BCUT2D eigenvalue weighted by molar-refractivity contribution is 7.98. The number of hydrogen-bond acceptors (Lipinski definition) is 4. The molecule has 1 aliphatic heterocycles. The van der Waals surface area contributed by atoms with Crippen molar-refractivity contribution in [2.24, 2.45) is 5.92 Å². The van der Waals surface area contributed by atoms with Gasteiger partial charge in [0.15, 0.2) is 0 Å². The van der Waals surface area contributed by atoms with E-state index in [2.05, 4.69) is 5.32 Å². The number of hydrogen-bond donors (Lipinski definition) is 2. The molecule has 1 fully saturated rings. The van der Waals surface area contributed by atoms with Gasteiger partial charge in [0.1, 0.15) is 0 Å². The summed E-state index contributed by atoms with van der Waals surface area (Å²) < 4.78 is 0. The fraction of sp³-hybridized carbons (Fsp3) is 0.556. The van der Waals surface area contributed by atoms with Crippen molar-refractivity contribution in [1.82, 2.24) is 10.2 Å². The number of carbonyl (C=O) groups is 2. The van der Waals surface area contributed by atoms with Crippen molar-refractivity contribution < 1.29 is 14.7 Å². The molecule has 24 heavy (non-hydrogen) atoms. The molecule has 0 spiro atoms. The van der Waals surface area contributed by atoms with Gasteiger partial charge in [0.05, 0.1) is 18.6 Å². The molecule has 0 aromatic heterocycles. The molecule has 2 amide bonds. The lowest BCUT2D eigenvalue weighted by molar-refractivity contribution is -0.129. The third-order valence-corrected chi connectivity index (χ3v) is 4.98. The summed E-state index contributed by atoms with van der Waals surface area (Å²) in [5.74, 6) is 0.497. The number of amides is 2. The SMILES string of the molecule is CSCC[C@@H](CO)NC(=O)[C@@H]1CC(=O)N(CCc2ccccc2)C1. The summed E-state index contributed by atoms with van der Waals surface area (Å²) in [6.45, 7) is 1.05. The van der Waals surface area contributed by atoms with E-state index in [4.69, 9.17) is 0 Å². The minimum absolute atomic E-state index is 0.0377. The minimum Gasteiger partial charge on any atom is -0.394 e. The number of rotatable bonds is 9. The molecule has 1 saturated heterocycles. The fourth-order valence-electron chi connectivity index (χ4n) is 2.86. The number of nitrogens with zero attached hydrogens (tertiary/aromatic N) is 1. The summed E-state index contributed by atoms with van der Waals surface area (Å²) >= 11 is 1.69. The van der Waals surface area contributed by atoms with Crippen molar-refractivity contribution in [2.75, 3.05) is 31.7 Å². The Morgan fingerprint density at radius 3 is 2.83 bits per heavy atom. The van der Waals surface area contributed by atoms with Crippen LogP contribution in [0.2, 0.25) is 0 Å². The van der Waals surface area contributed by atoms with Crippen LogP contribution in [0.4, 0.5) is 0 Å². The van der Waals surface area contributed by atoms with E-state index in [-0.39, 0.29) is 36.8 Å². The lowest BCUT2D eigenvalue weighted by atomic mass is 10.1. The molecule has 2 atom stereocenters. The van der Waals surface area contributed by atoms with E-state index < -0.39 is 0 Å². The number of likely N-dealkylation sites (tertiary alicyclic amines) is 1. The topological polar surface area (TPSA) is 69.6 Å². The molecule has 0 bridgehead atoms. The lowest BCUT2D eigenvalue weighted by Crippen LogP contribution is -2.42. The zero-order valence-corrected chi connectivity index (χ0v) is 14.9. The van der Waals surface area contributed by atoms with Gasteiger partial charge in [-0.2, -0.15) is 11.8 Å². The van der Waals surface area contributed by atoms with Gasteiger partial charge in [0, 0.05) is 19.5 Å². The molecular formula is C18H26N2O3S. The average molecular weight is 350 g/mol. The molecule has 132 valence electrons. The van der Waals surface area contributed by atoms with Gasteiger partial charge >= 0.3 is 0 Å². The fourth-order valence-corrected chi connectivity index (χ4v) is 3.38. The van der Waals surface area contributed by atoms with E-state index in [1.165, 1.54) is 5.56 Å². The zero-order chi connectivity index (χ0) is 17.4. The Hall–Kier alpha value is -1.53. The lowest BCUT2D eigenvalue weighted by Gasteiger charge is -2.19. The largest absolute Gasteiger partial charge is 0.394 e. The van der Waals surface area contributed by atoms with Crippen LogP contribution in [0, 0.1) is 5.92 Å². The van der Waals surface area contributed by atoms with Gasteiger partial charge in [-0.15, -0.1) is 0 Å². The van der Waals surface area contributed by atoms with Crippen LogP contribution in [0.1, 0.15) is 18.4 Å². The molecule has 5 nitrogen and oxygen atoms in total. The third kappa shape index (κ3) is 5.53. The maximum Gasteiger partial charge on any atom is 0.225 e. The maximum atomic E-state index is 12.3. The second-order valence-electron chi connectivity index (χ2n) is 6.15. The van der Waals surface area contributed by atoms with E-state index >= 15 is 0 Å². The number of nitrogens with one attached hydrogen (secondary N) is 1. The monoisotopic (exact) mass is 350 g/mol. The number of aliphatic hydroxyl groups is 1. The quantitative estimate of drug-likeness (QED) is 0.704. The van der Waals surface area contributed by atoms with E-state index in [9.17, 15) is 14.7 Å². The Labute approximate surface area is 147 Å². The third-order valence-electron chi connectivity index (χ3n) is 4.34. The normalized spacial score (nSPS) is 18.7. The Balaban J connectivity index is 1.81. The minimum atomic E-state index is -0.309. The summed E-state index contributed by atoms with van der Waals surface area (Å²) in [6, 6.07) is 9.81. The van der Waals surface area contributed by atoms with E-state index in [0.29, 0.717) is 13.1 Å². The Bertz CT molecular complexity index is 538. The Morgan fingerprint density at radius 2 is 2.17 bits per heavy atom. The van der Waals surface area contributed by atoms with Gasteiger partial charge in [0.2, 0.25) is 11.8 Å². The maximum absolute atomic E-state index is 12.3. The second kappa shape index (κ2) is 9.69. The molecule has 0 unspecified atom stereocenters. The highest BCUT2D eigenvalue weighted by Crippen LogP contribution is 2.19. The summed E-state index contributed by atoms with van der Waals surface area (Å²) in [5.41, 5.74) is 1.19. The predicted octanol–water partition coefficient (Wildman–Crippen LogP) is 1.31. The van der Waals surface area contributed by atoms with Crippen LogP contribution in [-0.2, 0) is 16.0 Å². The summed E-state index contributed by atoms with van der Waals surface area (Å²) in [7, 11) is 0. The van der Waals surface area contributed by atoms with Gasteiger partial charge < -0.3 is 15.3 Å².